The van der Waals surface area contributed by atoms with E-state index in [0.717, 1.165) is 30.2 Å². The Kier molecular flexibility index (Phi) is 8.97. The number of hydrogen-bond donors (Lipinski definition) is 2. The molecule has 1 atom stereocenters. The lowest BCUT2D eigenvalue weighted by Gasteiger charge is -2.13. The Balaban J connectivity index is 2.10. The zero-order chi connectivity index (χ0) is 14.6. The van der Waals surface area contributed by atoms with E-state index in [2.05, 4.69) is 18.2 Å². The van der Waals surface area contributed by atoms with Crippen molar-refractivity contribution in [1.82, 2.24) is 5.32 Å². The van der Waals surface area contributed by atoms with Crippen molar-refractivity contribution in [2.24, 2.45) is 0 Å². The van der Waals surface area contributed by atoms with Crippen LogP contribution in [0.15, 0.2) is 24.3 Å². The molecule has 110 valence electrons. The summed E-state index contributed by atoms with van der Waals surface area (Å²) in [6.45, 7) is 3.79. The summed E-state index contributed by atoms with van der Waals surface area (Å²) in [5.74, 6) is 5.07. The van der Waals surface area contributed by atoms with Gasteiger partial charge in [-0.15, -0.1) is 18.2 Å². The molecule has 0 aliphatic carbocycles. The monoisotopic (exact) mass is 293 g/mol. The molecule has 1 aromatic rings. The van der Waals surface area contributed by atoms with Crippen LogP contribution in [0.1, 0.15) is 12.5 Å². The molecule has 0 fully saturated rings. The van der Waals surface area contributed by atoms with Gasteiger partial charge in [0.1, 0.15) is 18.5 Å². The molecule has 2 N–H and O–H groups in total. The maximum Gasteiger partial charge on any atom is 0.119 e. The summed E-state index contributed by atoms with van der Waals surface area (Å²) in [6.07, 6.45) is 5.67. The van der Waals surface area contributed by atoms with Gasteiger partial charge in [-0.05, 0) is 24.1 Å². The van der Waals surface area contributed by atoms with E-state index in [4.69, 9.17) is 11.2 Å². The molecule has 0 spiro atoms. The molecule has 0 heterocycles. The van der Waals surface area contributed by atoms with E-state index < -0.39 is 6.10 Å². The second-order valence-corrected chi connectivity index (χ2v) is 5.53. The lowest BCUT2D eigenvalue weighted by Crippen LogP contribution is -2.32. The average molecular weight is 293 g/mol. The summed E-state index contributed by atoms with van der Waals surface area (Å²) in [7, 11) is 0. The normalized spacial score (nSPS) is 11.8. The predicted octanol–water partition coefficient (Wildman–Crippen LogP) is 1.94. The molecule has 1 rings (SSSR count). The molecule has 0 amide bonds. The number of benzene rings is 1. The molecule has 1 aromatic carbocycles. The van der Waals surface area contributed by atoms with Gasteiger partial charge in [-0.25, -0.2) is 0 Å². The number of nitrogens with one attached hydrogen (secondary N) is 1. The molecular weight excluding hydrogens is 270 g/mol. The summed E-state index contributed by atoms with van der Waals surface area (Å²) in [5.41, 5.74) is 1.28. The minimum absolute atomic E-state index is 0.302. The van der Waals surface area contributed by atoms with E-state index in [0.29, 0.717) is 13.2 Å². The van der Waals surface area contributed by atoms with Gasteiger partial charge in [0.2, 0.25) is 0 Å². The second kappa shape index (κ2) is 10.6. The lowest BCUT2D eigenvalue weighted by atomic mass is 10.2. The zero-order valence-electron chi connectivity index (χ0n) is 12.0. The lowest BCUT2D eigenvalue weighted by molar-refractivity contribution is 0.107. The quantitative estimate of drug-likeness (QED) is 0.511. The number of terminal acetylenes is 1. The van der Waals surface area contributed by atoms with Crippen molar-refractivity contribution in [2.75, 3.05) is 31.2 Å². The SMILES string of the molecule is C#CCSCCNCC(O)COc1ccc(CC)cc1. The first-order valence-corrected chi connectivity index (χ1v) is 8.03. The summed E-state index contributed by atoms with van der Waals surface area (Å²) in [6, 6.07) is 7.97. The number of ether oxygens (including phenoxy) is 1. The molecule has 0 saturated heterocycles. The summed E-state index contributed by atoms with van der Waals surface area (Å²) in [5, 5.41) is 13.0. The van der Waals surface area contributed by atoms with Crippen molar-refractivity contribution in [2.45, 2.75) is 19.4 Å². The van der Waals surface area contributed by atoms with Gasteiger partial charge < -0.3 is 15.2 Å². The first kappa shape index (κ1) is 16.9. The molecule has 20 heavy (non-hydrogen) atoms. The van der Waals surface area contributed by atoms with Crippen LogP contribution < -0.4 is 10.1 Å². The van der Waals surface area contributed by atoms with Crippen LogP contribution in [-0.4, -0.2) is 42.4 Å². The van der Waals surface area contributed by atoms with Crippen LogP contribution >= 0.6 is 11.8 Å². The molecule has 3 nitrogen and oxygen atoms in total. The maximum absolute atomic E-state index is 9.79. The van der Waals surface area contributed by atoms with E-state index in [1.165, 1.54) is 5.56 Å². The molecule has 0 aliphatic heterocycles. The number of aryl methyl sites for hydroxylation is 1. The zero-order valence-corrected chi connectivity index (χ0v) is 12.8. The summed E-state index contributed by atoms with van der Waals surface area (Å²) < 4.78 is 5.54. The second-order valence-electron chi connectivity index (χ2n) is 4.42. The molecule has 0 bridgehead atoms. The van der Waals surface area contributed by atoms with Gasteiger partial charge >= 0.3 is 0 Å². The van der Waals surface area contributed by atoms with E-state index in [1.807, 2.05) is 24.3 Å². The molecule has 0 radical (unpaired) electrons. The van der Waals surface area contributed by atoms with E-state index in [9.17, 15) is 5.11 Å². The first-order valence-electron chi connectivity index (χ1n) is 6.88. The fourth-order valence-corrected chi connectivity index (χ4v) is 2.17. The van der Waals surface area contributed by atoms with Crippen LogP contribution in [0.4, 0.5) is 0 Å². The Hall–Kier alpha value is -1.15. The largest absolute Gasteiger partial charge is 0.491 e. The molecule has 4 heteroatoms. The number of rotatable bonds is 10. The molecule has 0 aromatic heterocycles. The molecule has 0 saturated carbocycles. The third-order valence-electron chi connectivity index (χ3n) is 2.76. The average Bonchev–Trinajstić information content (AvgIpc) is 2.49. The Morgan fingerprint density at radius 3 is 2.80 bits per heavy atom. The summed E-state index contributed by atoms with van der Waals surface area (Å²) >= 11 is 1.71. The summed E-state index contributed by atoms with van der Waals surface area (Å²) in [4.78, 5) is 0. The highest BCUT2D eigenvalue weighted by Gasteiger charge is 2.04. The van der Waals surface area contributed by atoms with Crippen molar-refractivity contribution in [1.29, 1.82) is 0 Å². The minimum Gasteiger partial charge on any atom is -0.491 e. The maximum atomic E-state index is 9.79. The van der Waals surface area contributed by atoms with E-state index in [1.54, 1.807) is 11.8 Å². The van der Waals surface area contributed by atoms with Crippen LogP contribution in [-0.2, 0) is 6.42 Å². The molecule has 0 aliphatic rings. The number of hydrogen-bond acceptors (Lipinski definition) is 4. The first-order chi connectivity index (χ1) is 9.76. The third kappa shape index (κ3) is 7.44. The van der Waals surface area contributed by atoms with Crippen LogP contribution in [0.2, 0.25) is 0 Å². The highest BCUT2D eigenvalue weighted by molar-refractivity contribution is 7.99. The van der Waals surface area contributed by atoms with Crippen LogP contribution in [0.3, 0.4) is 0 Å². The highest BCUT2D eigenvalue weighted by Crippen LogP contribution is 2.12. The van der Waals surface area contributed by atoms with Crippen molar-refractivity contribution in [3.8, 4) is 18.1 Å². The van der Waals surface area contributed by atoms with Gasteiger partial charge in [0, 0.05) is 18.8 Å². The number of aliphatic hydroxyl groups excluding tert-OH is 1. The van der Waals surface area contributed by atoms with Gasteiger partial charge in [-0.3, -0.25) is 0 Å². The molecule has 1 unspecified atom stereocenters. The van der Waals surface area contributed by atoms with E-state index >= 15 is 0 Å². The van der Waals surface area contributed by atoms with Crippen molar-refractivity contribution < 1.29 is 9.84 Å². The van der Waals surface area contributed by atoms with Gasteiger partial charge in [0.25, 0.3) is 0 Å². The number of aliphatic hydroxyl groups is 1. The van der Waals surface area contributed by atoms with Crippen LogP contribution in [0.25, 0.3) is 0 Å². The van der Waals surface area contributed by atoms with E-state index in [-0.39, 0.29) is 0 Å². The Morgan fingerprint density at radius 2 is 2.15 bits per heavy atom. The Morgan fingerprint density at radius 1 is 1.40 bits per heavy atom. The fraction of sp³-hybridized carbons (Fsp3) is 0.500. The van der Waals surface area contributed by atoms with Crippen LogP contribution in [0, 0.1) is 12.3 Å². The topological polar surface area (TPSA) is 41.5 Å². The fourth-order valence-electron chi connectivity index (χ4n) is 1.62. The van der Waals surface area contributed by atoms with Gasteiger partial charge in [0.05, 0.1) is 5.75 Å². The van der Waals surface area contributed by atoms with Gasteiger partial charge in [-0.1, -0.05) is 25.0 Å². The minimum atomic E-state index is -0.501. The van der Waals surface area contributed by atoms with Gasteiger partial charge in [-0.2, -0.15) is 0 Å². The standard InChI is InChI=1S/C16H23NO2S/c1-3-10-20-11-9-17-12-15(18)13-19-16-7-5-14(4-2)6-8-16/h1,5-8,15,17-18H,4,9-13H2,2H3. The predicted molar refractivity (Wildman–Crippen MR) is 86.3 cm³/mol. The smallest absolute Gasteiger partial charge is 0.119 e. The highest BCUT2D eigenvalue weighted by atomic mass is 32.2. The van der Waals surface area contributed by atoms with Crippen molar-refractivity contribution >= 4 is 11.8 Å². The number of thioether (sulfide) groups is 1. The van der Waals surface area contributed by atoms with Crippen LogP contribution in [0.5, 0.6) is 5.75 Å². The molecular formula is C16H23NO2S. The Bertz CT molecular complexity index is 400. The van der Waals surface area contributed by atoms with Gasteiger partial charge in [0.15, 0.2) is 0 Å². The Labute approximate surface area is 126 Å². The van der Waals surface area contributed by atoms with Crippen molar-refractivity contribution in [3.63, 3.8) is 0 Å². The third-order valence-corrected chi connectivity index (χ3v) is 3.63. The van der Waals surface area contributed by atoms with Crippen molar-refractivity contribution in [3.05, 3.63) is 29.8 Å².